The lowest BCUT2D eigenvalue weighted by Crippen LogP contribution is -2.44. The number of benzene rings is 1. The van der Waals surface area contributed by atoms with E-state index < -0.39 is 23.6 Å². The highest BCUT2D eigenvalue weighted by atomic mass is 19.1. The first kappa shape index (κ1) is 22.9. The summed E-state index contributed by atoms with van der Waals surface area (Å²) in [7, 11) is 0. The van der Waals surface area contributed by atoms with E-state index in [2.05, 4.69) is 27.8 Å². The fraction of sp³-hybridized carbons (Fsp3) is 0.619. The number of alkyl carbamates (subject to hydrolysis) is 1. The monoisotopic (exact) mass is 408 g/mol. The zero-order chi connectivity index (χ0) is 21.6. The van der Waals surface area contributed by atoms with Gasteiger partial charge in [0.15, 0.2) is 0 Å². The van der Waals surface area contributed by atoms with Crippen LogP contribution in [0.1, 0.15) is 47.5 Å². The molecular weight excluding hydrogens is 375 g/mol. The quantitative estimate of drug-likeness (QED) is 0.670. The van der Waals surface area contributed by atoms with Gasteiger partial charge in [0.05, 0.1) is 11.4 Å². The van der Waals surface area contributed by atoms with Crippen molar-refractivity contribution >= 4 is 23.4 Å². The molecule has 1 heterocycles. The second-order valence-corrected chi connectivity index (χ2v) is 8.42. The summed E-state index contributed by atoms with van der Waals surface area (Å²) in [4.78, 5) is 26.7. The molecule has 1 aromatic rings. The number of hydrogen-bond acceptors (Lipinski definition) is 5. The third-order valence-corrected chi connectivity index (χ3v) is 4.68. The Morgan fingerprint density at radius 2 is 2.03 bits per heavy atom. The lowest BCUT2D eigenvalue weighted by Gasteiger charge is -2.33. The zero-order valence-corrected chi connectivity index (χ0v) is 18.0. The van der Waals surface area contributed by atoms with Crippen molar-refractivity contribution in [2.24, 2.45) is 0 Å². The molecule has 0 aromatic heterocycles. The Bertz CT molecular complexity index is 720. The molecule has 29 heavy (non-hydrogen) atoms. The average Bonchev–Trinajstić information content (AvgIpc) is 2.62. The Morgan fingerprint density at radius 3 is 2.69 bits per heavy atom. The van der Waals surface area contributed by atoms with Crippen LogP contribution in [0.2, 0.25) is 0 Å². The van der Waals surface area contributed by atoms with Gasteiger partial charge in [-0.25, -0.2) is 9.18 Å². The molecule has 0 aliphatic carbocycles. The van der Waals surface area contributed by atoms with Gasteiger partial charge in [0.2, 0.25) is 5.91 Å². The zero-order valence-electron chi connectivity index (χ0n) is 18.0. The number of likely N-dealkylation sites (tertiary alicyclic amines) is 1. The van der Waals surface area contributed by atoms with E-state index in [1.54, 1.807) is 27.7 Å². The summed E-state index contributed by atoms with van der Waals surface area (Å²) in [5.74, 6) is -0.794. The predicted molar refractivity (Wildman–Crippen MR) is 113 cm³/mol. The Hall–Kier alpha value is -2.35. The Morgan fingerprint density at radius 1 is 1.31 bits per heavy atom. The van der Waals surface area contributed by atoms with Crippen LogP contribution < -0.4 is 16.0 Å². The number of halogens is 1. The fourth-order valence-electron chi connectivity index (χ4n) is 3.22. The molecule has 8 heteroatoms. The van der Waals surface area contributed by atoms with Crippen LogP contribution in [0.4, 0.5) is 20.6 Å². The van der Waals surface area contributed by atoms with Gasteiger partial charge in [0.25, 0.3) is 0 Å². The number of carbonyl (C=O) groups is 2. The minimum atomic E-state index is -0.812. The van der Waals surface area contributed by atoms with E-state index in [4.69, 9.17) is 4.74 Å². The van der Waals surface area contributed by atoms with Crippen molar-refractivity contribution in [2.75, 3.05) is 30.3 Å². The van der Waals surface area contributed by atoms with E-state index in [1.165, 1.54) is 18.2 Å². The van der Waals surface area contributed by atoms with Gasteiger partial charge >= 0.3 is 6.09 Å². The smallest absolute Gasteiger partial charge is 0.408 e. The average molecular weight is 409 g/mol. The number of nitrogens with zero attached hydrogens (tertiary/aromatic N) is 1. The molecule has 3 N–H and O–H groups in total. The van der Waals surface area contributed by atoms with E-state index in [0.29, 0.717) is 11.4 Å². The van der Waals surface area contributed by atoms with Crippen LogP contribution in [0.25, 0.3) is 0 Å². The molecule has 0 spiro atoms. The number of anilines is 2. The first-order chi connectivity index (χ1) is 13.6. The van der Waals surface area contributed by atoms with Crippen LogP contribution in [-0.4, -0.2) is 54.2 Å². The molecule has 2 rings (SSSR count). The van der Waals surface area contributed by atoms with E-state index >= 15 is 0 Å². The number of likely N-dealkylation sites (N-methyl/N-ethyl adjacent to an activating group) is 1. The van der Waals surface area contributed by atoms with Gasteiger partial charge < -0.3 is 25.6 Å². The summed E-state index contributed by atoms with van der Waals surface area (Å²) in [6, 6.07) is 3.57. The SMILES string of the molecule is CCN1CCC[C@@H](Nc2cc(F)ccc2NC(=O)[C@H](C)NC(=O)OC(C)(C)C)C1. The second-order valence-electron chi connectivity index (χ2n) is 8.42. The molecule has 162 valence electrons. The number of ether oxygens (including phenoxy) is 1. The van der Waals surface area contributed by atoms with Gasteiger partial charge in [0.1, 0.15) is 17.5 Å². The molecule has 0 saturated carbocycles. The minimum Gasteiger partial charge on any atom is -0.444 e. The number of hydrogen-bond donors (Lipinski definition) is 3. The summed E-state index contributed by atoms with van der Waals surface area (Å²) in [5.41, 5.74) is 0.356. The van der Waals surface area contributed by atoms with Crippen LogP contribution in [0, 0.1) is 5.82 Å². The topological polar surface area (TPSA) is 82.7 Å². The van der Waals surface area contributed by atoms with E-state index in [-0.39, 0.29) is 11.9 Å². The van der Waals surface area contributed by atoms with Crippen LogP contribution in [0.5, 0.6) is 0 Å². The molecule has 0 unspecified atom stereocenters. The number of nitrogens with one attached hydrogen (secondary N) is 3. The lowest BCUT2D eigenvalue weighted by molar-refractivity contribution is -0.117. The highest BCUT2D eigenvalue weighted by Gasteiger charge is 2.23. The van der Waals surface area contributed by atoms with Crippen LogP contribution in [0.15, 0.2) is 18.2 Å². The molecule has 1 aliphatic heterocycles. The first-order valence-corrected chi connectivity index (χ1v) is 10.2. The van der Waals surface area contributed by atoms with E-state index in [9.17, 15) is 14.0 Å². The Kier molecular flexibility index (Phi) is 7.84. The van der Waals surface area contributed by atoms with Crippen molar-refractivity contribution < 1.29 is 18.7 Å². The van der Waals surface area contributed by atoms with Crippen LogP contribution >= 0.6 is 0 Å². The van der Waals surface area contributed by atoms with Crippen molar-refractivity contribution in [3.63, 3.8) is 0 Å². The molecule has 0 bridgehead atoms. The molecule has 1 aromatic carbocycles. The van der Waals surface area contributed by atoms with Crippen molar-refractivity contribution in [3.8, 4) is 0 Å². The minimum absolute atomic E-state index is 0.179. The number of rotatable bonds is 6. The maximum Gasteiger partial charge on any atom is 0.408 e. The third kappa shape index (κ3) is 7.53. The molecule has 2 amide bonds. The predicted octanol–water partition coefficient (Wildman–Crippen LogP) is 3.57. The maximum atomic E-state index is 13.8. The van der Waals surface area contributed by atoms with Gasteiger partial charge in [-0.15, -0.1) is 0 Å². The summed E-state index contributed by atoms with van der Waals surface area (Å²) in [6.07, 6.45) is 1.38. The van der Waals surface area contributed by atoms with Crippen LogP contribution in [-0.2, 0) is 9.53 Å². The van der Waals surface area contributed by atoms with Crippen LogP contribution in [0.3, 0.4) is 0 Å². The standard InChI is InChI=1S/C21H33FN4O3/c1-6-26-11-7-8-16(13-26)24-18-12-15(22)9-10-17(18)25-19(27)14(2)23-20(28)29-21(3,4)5/h9-10,12,14,16,24H,6-8,11,13H2,1-5H3,(H,23,28)(H,25,27)/t14-,16+/m0/s1. The van der Waals surface area contributed by atoms with Gasteiger partial charge in [-0.1, -0.05) is 6.92 Å². The molecule has 2 atom stereocenters. The van der Waals surface area contributed by atoms with Crippen molar-refractivity contribution in [1.29, 1.82) is 0 Å². The number of carbonyl (C=O) groups excluding carboxylic acids is 2. The highest BCUT2D eigenvalue weighted by molar-refractivity contribution is 5.98. The van der Waals surface area contributed by atoms with E-state index in [1.807, 2.05) is 0 Å². The Balaban J connectivity index is 2.02. The summed E-state index contributed by atoms with van der Waals surface area (Å²) >= 11 is 0. The maximum absolute atomic E-state index is 13.8. The van der Waals surface area contributed by atoms with Crippen molar-refractivity contribution in [1.82, 2.24) is 10.2 Å². The molecular formula is C21H33FN4O3. The fourth-order valence-corrected chi connectivity index (χ4v) is 3.22. The molecule has 1 saturated heterocycles. The Labute approximate surface area is 172 Å². The van der Waals surface area contributed by atoms with Crippen molar-refractivity contribution in [3.05, 3.63) is 24.0 Å². The first-order valence-electron chi connectivity index (χ1n) is 10.2. The lowest BCUT2D eigenvalue weighted by atomic mass is 10.1. The molecule has 0 radical (unpaired) electrons. The number of amides is 2. The summed E-state index contributed by atoms with van der Waals surface area (Å²) in [6.45, 7) is 11.8. The van der Waals surface area contributed by atoms with Gasteiger partial charge in [-0.3, -0.25) is 4.79 Å². The largest absolute Gasteiger partial charge is 0.444 e. The van der Waals surface area contributed by atoms with Gasteiger partial charge in [0, 0.05) is 12.6 Å². The van der Waals surface area contributed by atoms with Crippen molar-refractivity contribution in [2.45, 2.75) is 65.1 Å². The molecule has 7 nitrogen and oxygen atoms in total. The second kappa shape index (κ2) is 9.91. The summed E-state index contributed by atoms with van der Waals surface area (Å²) in [5, 5.41) is 8.64. The highest BCUT2D eigenvalue weighted by Crippen LogP contribution is 2.26. The summed E-state index contributed by atoms with van der Waals surface area (Å²) < 4.78 is 19.0. The molecule has 1 aliphatic rings. The number of piperidine rings is 1. The van der Waals surface area contributed by atoms with E-state index in [0.717, 1.165) is 32.5 Å². The normalized spacial score (nSPS) is 18.6. The van der Waals surface area contributed by atoms with Gasteiger partial charge in [-0.2, -0.15) is 0 Å². The molecule has 1 fully saturated rings. The van der Waals surface area contributed by atoms with Gasteiger partial charge in [-0.05, 0) is 71.8 Å². The third-order valence-electron chi connectivity index (χ3n) is 4.68.